The molecule has 0 spiro atoms. The molecule has 4 rings (SSSR count). The standard InChI is InChI=1S/C22H19N5O2S2/c1-14-5-3-6-16(9-14)20-25-26-22(27(20)11-17-7-4-8-29-17)31-13-19(28)18(10-23)21-24-15(2)12-30-21/h3-9,12,18H,11,13H2,1-2H3. The summed E-state index contributed by atoms with van der Waals surface area (Å²) in [4.78, 5) is 17.1. The molecule has 3 aromatic heterocycles. The number of ketones is 1. The van der Waals surface area contributed by atoms with Crippen molar-refractivity contribution >= 4 is 28.9 Å². The summed E-state index contributed by atoms with van der Waals surface area (Å²) < 4.78 is 7.45. The highest BCUT2D eigenvalue weighted by Gasteiger charge is 2.25. The van der Waals surface area contributed by atoms with Gasteiger partial charge < -0.3 is 4.42 Å². The average Bonchev–Trinajstić information content (AvgIpc) is 3.50. The molecule has 0 aliphatic rings. The minimum absolute atomic E-state index is 0.0982. The molecule has 0 amide bonds. The van der Waals surface area contributed by atoms with Crippen molar-refractivity contribution in [1.82, 2.24) is 19.7 Å². The van der Waals surface area contributed by atoms with E-state index in [9.17, 15) is 10.1 Å². The minimum Gasteiger partial charge on any atom is -0.467 e. The Bertz CT molecular complexity index is 1240. The van der Waals surface area contributed by atoms with E-state index in [1.165, 1.54) is 23.1 Å². The van der Waals surface area contributed by atoms with E-state index >= 15 is 0 Å². The summed E-state index contributed by atoms with van der Waals surface area (Å²) in [6.07, 6.45) is 1.62. The van der Waals surface area contributed by atoms with Gasteiger partial charge in [-0.3, -0.25) is 9.36 Å². The molecule has 0 saturated carbocycles. The van der Waals surface area contributed by atoms with Crippen molar-refractivity contribution in [3.63, 3.8) is 0 Å². The van der Waals surface area contributed by atoms with E-state index in [2.05, 4.69) is 21.3 Å². The molecule has 1 unspecified atom stereocenters. The van der Waals surface area contributed by atoms with E-state index in [4.69, 9.17) is 4.42 Å². The summed E-state index contributed by atoms with van der Waals surface area (Å²) in [5.41, 5.74) is 2.86. The van der Waals surface area contributed by atoms with Crippen molar-refractivity contribution in [1.29, 1.82) is 5.26 Å². The van der Waals surface area contributed by atoms with Crippen LogP contribution in [0.25, 0.3) is 11.4 Å². The van der Waals surface area contributed by atoms with Crippen molar-refractivity contribution in [2.75, 3.05) is 5.75 Å². The molecule has 7 nitrogen and oxygen atoms in total. The molecular formula is C22H19N5O2S2. The van der Waals surface area contributed by atoms with Gasteiger partial charge in [-0.2, -0.15) is 5.26 Å². The van der Waals surface area contributed by atoms with Crippen LogP contribution in [-0.2, 0) is 11.3 Å². The monoisotopic (exact) mass is 449 g/mol. The lowest BCUT2D eigenvalue weighted by Gasteiger charge is -2.10. The van der Waals surface area contributed by atoms with Gasteiger partial charge in [0.05, 0.1) is 24.6 Å². The predicted octanol–water partition coefficient (Wildman–Crippen LogP) is 4.63. The number of hydrogen-bond donors (Lipinski definition) is 0. The van der Waals surface area contributed by atoms with Crippen LogP contribution in [0.4, 0.5) is 0 Å². The molecule has 0 aliphatic carbocycles. The van der Waals surface area contributed by atoms with Crippen LogP contribution >= 0.6 is 23.1 Å². The second-order valence-corrected chi connectivity index (χ2v) is 8.82. The number of aromatic nitrogens is 4. The lowest BCUT2D eigenvalue weighted by atomic mass is 10.1. The molecule has 0 N–H and O–H groups in total. The zero-order chi connectivity index (χ0) is 21.8. The number of Topliss-reactive ketones (excluding diaryl/α,β-unsaturated/α-hetero) is 1. The third-order valence-electron chi connectivity index (χ3n) is 4.57. The van der Waals surface area contributed by atoms with Gasteiger partial charge in [-0.1, -0.05) is 35.5 Å². The van der Waals surface area contributed by atoms with E-state index in [0.717, 1.165) is 22.6 Å². The van der Waals surface area contributed by atoms with E-state index < -0.39 is 5.92 Å². The largest absolute Gasteiger partial charge is 0.467 e. The minimum atomic E-state index is -0.871. The van der Waals surface area contributed by atoms with E-state index in [0.29, 0.717) is 22.5 Å². The fraction of sp³-hybridized carbons (Fsp3) is 0.227. The molecule has 0 bridgehead atoms. The number of thiazole rings is 1. The first-order chi connectivity index (χ1) is 15.0. The van der Waals surface area contributed by atoms with Crippen LogP contribution in [0.3, 0.4) is 0 Å². The van der Waals surface area contributed by atoms with E-state index in [1.807, 2.05) is 60.2 Å². The van der Waals surface area contributed by atoms with Crippen LogP contribution in [0.15, 0.2) is 57.6 Å². The van der Waals surface area contributed by atoms with Gasteiger partial charge in [-0.25, -0.2) is 4.98 Å². The highest BCUT2D eigenvalue weighted by Crippen LogP contribution is 2.28. The second kappa shape index (κ2) is 9.29. The number of furan rings is 1. The second-order valence-electron chi connectivity index (χ2n) is 6.99. The highest BCUT2D eigenvalue weighted by molar-refractivity contribution is 7.99. The normalized spacial score (nSPS) is 11.9. The fourth-order valence-corrected chi connectivity index (χ4v) is 4.79. The van der Waals surface area contributed by atoms with Crippen LogP contribution in [0.2, 0.25) is 0 Å². The molecule has 31 heavy (non-hydrogen) atoms. The van der Waals surface area contributed by atoms with Gasteiger partial charge in [-0.05, 0) is 32.0 Å². The molecular weight excluding hydrogens is 430 g/mol. The molecule has 0 saturated heterocycles. The third-order valence-corrected chi connectivity index (χ3v) is 6.58. The Morgan fingerprint density at radius 1 is 1.29 bits per heavy atom. The number of thioether (sulfide) groups is 1. The number of nitriles is 1. The quantitative estimate of drug-likeness (QED) is 0.362. The van der Waals surface area contributed by atoms with Crippen LogP contribution in [0.5, 0.6) is 0 Å². The molecule has 156 valence electrons. The smallest absolute Gasteiger partial charge is 0.192 e. The maximum Gasteiger partial charge on any atom is 0.192 e. The fourth-order valence-electron chi connectivity index (χ4n) is 3.08. The Morgan fingerprint density at radius 3 is 2.84 bits per heavy atom. The molecule has 0 radical (unpaired) electrons. The number of carbonyl (C=O) groups is 1. The van der Waals surface area contributed by atoms with Crippen LogP contribution < -0.4 is 0 Å². The van der Waals surface area contributed by atoms with E-state index in [-0.39, 0.29) is 11.5 Å². The number of carbonyl (C=O) groups excluding carboxylic acids is 1. The molecule has 0 fully saturated rings. The number of hydrogen-bond acceptors (Lipinski definition) is 8. The van der Waals surface area contributed by atoms with Crippen molar-refractivity contribution in [3.05, 3.63) is 70.1 Å². The van der Waals surface area contributed by atoms with Gasteiger partial charge in [0.1, 0.15) is 10.8 Å². The molecule has 3 heterocycles. The van der Waals surface area contributed by atoms with Crippen molar-refractivity contribution in [2.24, 2.45) is 0 Å². The zero-order valence-electron chi connectivity index (χ0n) is 17.0. The van der Waals surface area contributed by atoms with Gasteiger partial charge >= 0.3 is 0 Å². The first kappa shape index (κ1) is 21.0. The van der Waals surface area contributed by atoms with E-state index in [1.54, 1.807) is 6.26 Å². The van der Waals surface area contributed by atoms with Gasteiger partial charge in [-0.15, -0.1) is 21.5 Å². The summed E-state index contributed by atoms with van der Waals surface area (Å²) in [6, 6.07) is 13.8. The number of nitrogens with zero attached hydrogens (tertiary/aromatic N) is 5. The Hall–Kier alpha value is -3.22. The molecule has 1 atom stereocenters. The molecule has 9 heteroatoms. The summed E-state index contributed by atoms with van der Waals surface area (Å²) in [7, 11) is 0. The SMILES string of the molecule is Cc1cccc(-c2nnc(SCC(=O)C(C#N)c3nc(C)cs3)n2Cc2ccco2)c1. The molecule has 4 aromatic rings. The van der Waals surface area contributed by atoms with Gasteiger partial charge in [0.25, 0.3) is 0 Å². The summed E-state index contributed by atoms with van der Waals surface area (Å²) >= 11 is 2.60. The van der Waals surface area contributed by atoms with Crippen molar-refractivity contribution in [3.8, 4) is 17.5 Å². The van der Waals surface area contributed by atoms with Crippen LogP contribution in [-0.4, -0.2) is 31.3 Å². The maximum atomic E-state index is 12.8. The Morgan fingerprint density at radius 2 is 2.16 bits per heavy atom. The summed E-state index contributed by atoms with van der Waals surface area (Å²) in [5.74, 6) is 0.480. The molecule has 0 aliphatic heterocycles. The first-order valence-electron chi connectivity index (χ1n) is 9.55. The van der Waals surface area contributed by atoms with Crippen LogP contribution in [0, 0.1) is 25.2 Å². The predicted molar refractivity (Wildman–Crippen MR) is 119 cm³/mol. The van der Waals surface area contributed by atoms with Crippen molar-refractivity contribution < 1.29 is 9.21 Å². The van der Waals surface area contributed by atoms with Gasteiger partial charge in [0, 0.05) is 16.6 Å². The van der Waals surface area contributed by atoms with Gasteiger partial charge in [0.2, 0.25) is 0 Å². The lowest BCUT2D eigenvalue weighted by molar-refractivity contribution is -0.116. The highest BCUT2D eigenvalue weighted by atomic mass is 32.2. The number of benzene rings is 1. The lowest BCUT2D eigenvalue weighted by Crippen LogP contribution is -2.14. The third kappa shape index (κ3) is 4.76. The number of aryl methyl sites for hydroxylation is 2. The Kier molecular flexibility index (Phi) is 6.30. The zero-order valence-corrected chi connectivity index (χ0v) is 18.6. The Labute approximate surface area is 187 Å². The molecule has 1 aromatic carbocycles. The number of rotatable bonds is 8. The Balaban J connectivity index is 1.59. The van der Waals surface area contributed by atoms with Gasteiger partial charge in [0.15, 0.2) is 22.7 Å². The average molecular weight is 450 g/mol. The topological polar surface area (TPSA) is 97.6 Å². The first-order valence-corrected chi connectivity index (χ1v) is 11.4. The van der Waals surface area contributed by atoms with Crippen LogP contribution in [0.1, 0.15) is 27.9 Å². The maximum absolute atomic E-state index is 12.8. The summed E-state index contributed by atoms with van der Waals surface area (Å²) in [5, 5.41) is 21.2. The summed E-state index contributed by atoms with van der Waals surface area (Å²) in [6.45, 7) is 4.30. The van der Waals surface area contributed by atoms with Crippen molar-refractivity contribution in [2.45, 2.75) is 31.5 Å².